The second-order valence-electron chi connectivity index (χ2n) is 5.07. The summed E-state index contributed by atoms with van der Waals surface area (Å²) in [5.74, 6) is -0.917. The molecule has 1 fully saturated rings. The fourth-order valence-electron chi connectivity index (χ4n) is 2.06. The quantitative estimate of drug-likeness (QED) is 0.659. The first-order valence-corrected chi connectivity index (χ1v) is 6.24. The van der Waals surface area contributed by atoms with Crippen molar-refractivity contribution in [1.29, 1.82) is 0 Å². The summed E-state index contributed by atoms with van der Waals surface area (Å²) in [6.45, 7) is 5.49. The largest absolute Gasteiger partial charge is 0.480 e. The van der Waals surface area contributed by atoms with Crippen LogP contribution in [0.5, 0.6) is 0 Å². The van der Waals surface area contributed by atoms with Gasteiger partial charge in [0, 0.05) is 6.54 Å². The molecule has 1 aliphatic heterocycles. The zero-order chi connectivity index (χ0) is 12.8. The lowest BCUT2D eigenvalue weighted by Crippen LogP contribution is -2.47. The predicted octanol–water partition coefficient (Wildman–Crippen LogP) is 0.602. The predicted molar refractivity (Wildman–Crippen MR) is 64.6 cm³/mol. The van der Waals surface area contributed by atoms with Crippen molar-refractivity contribution < 1.29 is 14.7 Å². The number of hydrogen-bond donors (Lipinski definition) is 3. The summed E-state index contributed by atoms with van der Waals surface area (Å²) < 4.78 is 0. The minimum atomic E-state index is -0.948. The molecule has 0 aromatic rings. The van der Waals surface area contributed by atoms with Crippen LogP contribution in [0.2, 0.25) is 0 Å². The van der Waals surface area contributed by atoms with Gasteiger partial charge in [0.05, 0.1) is 5.92 Å². The van der Waals surface area contributed by atoms with Gasteiger partial charge in [-0.05, 0) is 31.7 Å². The van der Waals surface area contributed by atoms with Crippen LogP contribution < -0.4 is 10.6 Å². The first-order valence-electron chi connectivity index (χ1n) is 6.24. The third kappa shape index (κ3) is 4.73. The number of amides is 1. The summed E-state index contributed by atoms with van der Waals surface area (Å²) in [7, 11) is 0. The Balaban J connectivity index is 2.47. The van der Waals surface area contributed by atoms with E-state index in [4.69, 9.17) is 5.11 Å². The number of piperidine rings is 1. The van der Waals surface area contributed by atoms with E-state index in [-0.39, 0.29) is 17.7 Å². The monoisotopic (exact) mass is 242 g/mol. The molecule has 0 radical (unpaired) electrons. The average Bonchev–Trinajstić information content (AvgIpc) is 2.28. The maximum absolute atomic E-state index is 11.9. The third-order valence-corrected chi connectivity index (χ3v) is 2.99. The van der Waals surface area contributed by atoms with Crippen LogP contribution in [0.1, 0.15) is 33.1 Å². The summed E-state index contributed by atoms with van der Waals surface area (Å²) in [4.78, 5) is 22.9. The molecule has 0 spiro atoms. The lowest BCUT2D eigenvalue weighted by Gasteiger charge is -2.24. The average molecular weight is 242 g/mol. The highest BCUT2D eigenvalue weighted by atomic mass is 16.4. The fraction of sp³-hybridized carbons (Fsp3) is 0.833. The first kappa shape index (κ1) is 14.0. The fourth-order valence-corrected chi connectivity index (χ4v) is 2.06. The van der Waals surface area contributed by atoms with Crippen molar-refractivity contribution in [3.63, 3.8) is 0 Å². The Hall–Kier alpha value is -1.10. The molecule has 0 unspecified atom stereocenters. The molecule has 0 aromatic heterocycles. The Morgan fingerprint density at radius 1 is 1.47 bits per heavy atom. The minimum Gasteiger partial charge on any atom is -0.480 e. The molecule has 0 bridgehead atoms. The van der Waals surface area contributed by atoms with Gasteiger partial charge < -0.3 is 15.7 Å². The topological polar surface area (TPSA) is 78.4 Å². The number of carbonyl (C=O) groups is 2. The Morgan fingerprint density at radius 3 is 2.65 bits per heavy atom. The van der Waals surface area contributed by atoms with E-state index in [1.54, 1.807) is 0 Å². The molecule has 17 heavy (non-hydrogen) atoms. The normalized spacial score (nSPS) is 22.2. The zero-order valence-corrected chi connectivity index (χ0v) is 10.5. The lowest BCUT2D eigenvalue weighted by atomic mass is 9.97. The highest BCUT2D eigenvalue weighted by Gasteiger charge is 2.26. The molecule has 98 valence electrons. The van der Waals surface area contributed by atoms with Crippen molar-refractivity contribution in [3.05, 3.63) is 0 Å². The van der Waals surface area contributed by atoms with Gasteiger partial charge in [0.2, 0.25) is 5.91 Å². The van der Waals surface area contributed by atoms with Gasteiger partial charge in [0.15, 0.2) is 0 Å². The third-order valence-electron chi connectivity index (χ3n) is 2.99. The van der Waals surface area contributed by atoms with Crippen LogP contribution in [0.15, 0.2) is 0 Å². The maximum atomic E-state index is 11.9. The van der Waals surface area contributed by atoms with Gasteiger partial charge in [0.25, 0.3) is 0 Å². The van der Waals surface area contributed by atoms with Crippen LogP contribution >= 0.6 is 0 Å². The summed E-state index contributed by atoms with van der Waals surface area (Å²) in [6.07, 6.45) is 2.29. The minimum absolute atomic E-state index is 0.0854. The molecule has 0 saturated carbocycles. The lowest BCUT2D eigenvalue weighted by molar-refractivity contribution is -0.143. The highest BCUT2D eigenvalue weighted by Crippen LogP contribution is 2.11. The number of carboxylic acids is 1. The van der Waals surface area contributed by atoms with E-state index < -0.39 is 12.0 Å². The molecular weight excluding hydrogens is 220 g/mol. The second-order valence-corrected chi connectivity index (χ2v) is 5.07. The molecule has 5 heteroatoms. The summed E-state index contributed by atoms with van der Waals surface area (Å²) >= 11 is 0. The van der Waals surface area contributed by atoms with E-state index >= 15 is 0 Å². The molecule has 1 amide bonds. The van der Waals surface area contributed by atoms with Crippen molar-refractivity contribution in [2.45, 2.75) is 39.2 Å². The van der Waals surface area contributed by atoms with E-state index in [1.807, 2.05) is 13.8 Å². The molecule has 1 rings (SSSR count). The molecule has 2 atom stereocenters. The zero-order valence-electron chi connectivity index (χ0n) is 10.5. The van der Waals surface area contributed by atoms with Gasteiger partial charge in [-0.3, -0.25) is 4.79 Å². The highest BCUT2D eigenvalue weighted by molar-refractivity contribution is 5.85. The SMILES string of the molecule is CC(C)C[C@H](NC(=O)[C@@H]1CCCNC1)C(=O)O. The van der Waals surface area contributed by atoms with Gasteiger partial charge >= 0.3 is 5.97 Å². The number of carboxylic acid groups (broad SMARTS) is 1. The number of rotatable bonds is 5. The molecule has 3 N–H and O–H groups in total. The van der Waals surface area contributed by atoms with Crippen LogP contribution in [-0.4, -0.2) is 36.1 Å². The number of aliphatic carboxylic acids is 1. The Kier molecular flexibility index (Phi) is 5.41. The smallest absolute Gasteiger partial charge is 0.326 e. The molecule has 5 nitrogen and oxygen atoms in total. The standard InChI is InChI=1S/C12H22N2O3/c1-8(2)6-10(12(16)17)14-11(15)9-4-3-5-13-7-9/h8-10,13H,3-7H2,1-2H3,(H,14,15)(H,16,17)/t9-,10+/m1/s1. The van der Waals surface area contributed by atoms with Crippen LogP contribution in [0.4, 0.5) is 0 Å². The second kappa shape index (κ2) is 6.59. The molecular formula is C12H22N2O3. The first-order chi connectivity index (χ1) is 8.00. The summed E-state index contributed by atoms with van der Waals surface area (Å²) in [5, 5.41) is 14.8. The Bertz CT molecular complexity index is 273. The van der Waals surface area contributed by atoms with E-state index in [9.17, 15) is 9.59 Å². The van der Waals surface area contributed by atoms with Crippen molar-refractivity contribution in [3.8, 4) is 0 Å². The van der Waals surface area contributed by atoms with Crippen LogP contribution in [0.25, 0.3) is 0 Å². The van der Waals surface area contributed by atoms with Crippen LogP contribution in [0, 0.1) is 11.8 Å². The van der Waals surface area contributed by atoms with E-state index in [1.165, 1.54) is 0 Å². The van der Waals surface area contributed by atoms with E-state index in [0.717, 1.165) is 19.4 Å². The van der Waals surface area contributed by atoms with Crippen LogP contribution in [0.3, 0.4) is 0 Å². The van der Waals surface area contributed by atoms with Gasteiger partial charge in [-0.15, -0.1) is 0 Å². The van der Waals surface area contributed by atoms with Crippen molar-refractivity contribution in [2.24, 2.45) is 11.8 Å². The number of carbonyl (C=O) groups excluding carboxylic acids is 1. The van der Waals surface area contributed by atoms with E-state index in [0.29, 0.717) is 13.0 Å². The van der Waals surface area contributed by atoms with Gasteiger partial charge in [0.1, 0.15) is 6.04 Å². The van der Waals surface area contributed by atoms with Crippen molar-refractivity contribution >= 4 is 11.9 Å². The molecule has 1 aliphatic rings. The molecule has 1 heterocycles. The van der Waals surface area contributed by atoms with Crippen molar-refractivity contribution in [1.82, 2.24) is 10.6 Å². The summed E-state index contributed by atoms with van der Waals surface area (Å²) in [5.41, 5.74) is 0. The summed E-state index contributed by atoms with van der Waals surface area (Å²) in [6, 6.07) is -0.760. The van der Waals surface area contributed by atoms with Gasteiger partial charge in [-0.2, -0.15) is 0 Å². The van der Waals surface area contributed by atoms with Crippen molar-refractivity contribution in [2.75, 3.05) is 13.1 Å². The van der Waals surface area contributed by atoms with Crippen LogP contribution in [-0.2, 0) is 9.59 Å². The Labute approximate surface area is 102 Å². The van der Waals surface area contributed by atoms with Gasteiger partial charge in [-0.25, -0.2) is 4.79 Å². The molecule has 1 saturated heterocycles. The molecule has 0 aromatic carbocycles. The number of nitrogens with one attached hydrogen (secondary N) is 2. The van der Waals surface area contributed by atoms with E-state index in [2.05, 4.69) is 10.6 Å². The number of hydrogen-bond acceptors (Lipinski definition) is 3. The maximum Gasteiger partial charge on any atom is 0.326 e. The van der Waals surface area contributed by atoms with Gasteiger partial charge in [-0.1, -0.05) is 13.8 Å². The Morgan fingerprint density at radius 2 is 2.18 bits per heavy atom. The molecule has 0 aliphatic carbocycles.